The zero-order valence-electron chi connectivity index (χ0n) is 12.7. The summed E-state index contributed by atoms with van der Waals surface area (Å²) in [6.45, 7) is 8.21. The van der Waals surface area contributed by atoms with Crippen LogP contribution in [0.15, 0.2) is 12.1 Å². The van der Waals surface area contributed by atoms with Crippen LogP contribution in [-0.2, 0) is 0 Å². The van der Waals surface area contributed by atoms with E-state index in [1.807, 2.05) is 27.7 Å². The third kappa shape index (κ3) is 3.44. The molecule has 0 saturated carbocycles. The van der Waals surface area contributed by atoms with Gasteiger partial charge in [-0.05, 0) is 27.7 Å². The van der Waals surface area contributed by atoms with Crippen LogP contribution in [0.3, 0.4) is 0 Å². The molecule has 1 aromatic carbocycles. The number of benzene rings is 1. The highest BCUT2D eigenvalue weighted by Crippen LogP contribution is 2.33. The van der Waals surface area contributed by atoms with E-state index in [9.17, 15) is 4.39 Å². The second-order valence-electron chi connectivity index (χ2n) is 4.85. The van der Waals surface area contributed by atoms with Crippen molar-refractivity contribution in [2.75, 3.05) is 17.7 Å². The van der Waals surface area contributed by atoms with Crippen molar-refractivity contribution in [3.63, 3.8) is 0 Å². The lowest BCUT2D eigenvalue weighted by atomic mass is 10.2. The number of nitrogens with one attached hydrogen (secondary N) is 1. The number of hydrogen-bond acceptors (Lipinski definition) is 5. The van der Waals surface area contributed by atoms with Crippen molar-refractivity contribution >= 4 is 22.7 Å². The molecule has 0 saturated heterocycles. The highest BCUT2D eigenvalue weighted by Gasteiger charge is 2.15. The molecule has 0 aliphatic heterocycles. The summed E-state index contributed by atoms with van der Waals surface area (Å²) in [6.07, 6.45) is 0. The van der Waals surface area contributed by atoms with Crippen LogP contribution < -0.4 is 15.8 Å². The predicted molar refractivity (Wildman–Crippen MR) is 85.6 cm³/mol. The molecule has 1 aromatic heterocycles. The quantitative estimate of drug-likeness (QED) is 0.818. The van der Waals surface area contributed by atoms with Crippen LogP contribution in [-0.4, -0.2) is 11.6 Å². The Kier molecular flexibility index (Phi) is 4.67. The van der Waals surface area contributed by atoms with Gasteiger partial charge in [0.05, 0.1) is 34.7 Å². The lowest BCUT2D eigenvalue weighted by Gasteiger charge is -2.17. The molecule has 0 radical (unpaired) electrons. The number of ether oxygens (including phenoxy) is 1. The number of rotatable bonds is 5. The first-order valence-electron chi connectivity index (χ1n) is 6.84. The molecule has 0 spiro atoms. The van der Waals surface area contributed by atoms with Crippen LogP contribution in [0.5, 0.6) is 5.75 Å². The first-order chi connectivity index (χ1) is 9.92. The third-order valence-electron chi connectivity index (χ3n) is 3.11. The van der Waals surface area contributed by atoms with Gasteiger partial charge < -0.3 is 15.8 Å². The molecule has 6 heteroatoms. The number of nitrogen functional groups attached to an aromatic ring is 1. The zero-order chi connectivity index (χ0) is 15.6. The molecule has 1 heterocycles. The fraction of sp³-hybridized carbons (Fsp3) is 0.400. The number of nitrogens with two attached hydrogens (primary N) is 1. The fourth-order valence-electron chi connectivity index (χ4n) is 2.21. The largest absolute Gasteiger partial charge is 0.491 e. The maximum Gasteiger partial charge on any atom is 0.167 e. The van der Waals surface area contributed by atoms with E-state index in [2.05, 4.69) is 10.3 Å². The van der Waals surface area contributed by atoms with Crippen molar-refractivity contribution < 1.29 is 9.13 Å². The highest BCUT2D eigenvalue weighted by atomic mass is 32.1. The lowest BCUT2D eigenvalue weighted by molar-refractivity contribution is 0.322. The second kappa shape index (κ2) is 6.30. The monoisotopic (exact) mass is 309 g/mol. The Bertz CT molecular complexity index is 642. The molecule has 0 aliphatic rings. The smallest absolute Gasteiger partial charge is 0.167 e. The summed E-state index contributed by atoms with van der Waals surface area (Å²) in [5.41, 5.74) is 7.92. The van der Waals surface area contributed by atoms with Crippen molar-refractivity contribution in [2.24, 2.45) is 0 Å². The summed E-state index contributed by atoms with van der Waals surface area (Å²) in [4.78, 5) is 5.57. The number of thiazole rings is 1. The van der Waals surface area contributed by atoms with Crippen LogP contribution in [0.4, 0.5) is 15.8 Å². The molecule has 1 unspecified atom stereocenters. The summed E-state index contributed by atoms with van der Waals surface area (Å²) in [7, 11) is 0. The van der Waals surface area contributed by atoms with Crippen molar-refractivity contribution in [2.45, 2.75) is 33.7 Å². The zero-order valence-corrected chi connectivity index (χ0v) is 13.5. The fourth-order valence-corrected chi connectivity index (χ4v) is 3.14. The van der Waals surface area contributed by atoms with Crippen LogP contribution in [0.25, 0.3) is 0 Å². The summed E-state index contributed by atoms with van der Waals surface area (Å²) in [5.74, 6) is -0.240. The minimum atomic E-state index is -0.447. The first kappa shape index (κ1) is 15.6. The van der Waals surface area contributed by atoms with E-state index in [0.29, 0.717) is 18.0 Å². The van der Waals surface area contributed by atoms with E-state index in [4.69, 9.17) is 10.5 Å². The minimum absolute atomic E-state index is 0.0402. The van der Waals surface area contributed by atoms with Crippen molar-refractivity contribution in [1.29, 1.82) is 0 Å². The molecule has 0 amide bonds. The van der Waals surface area contributed by atoms with Gasteiger partial charge in [0.1, 0.15) is 0 Å². The van der Waals surface area contributed by atoms with Gasteiger partial charge in [-0.3, -0.25) is 0 Å². The normalized spacial score (nSPS) is 12.2. The molecule has 4 nitrogen and oxygen atoms in total. The van der Waals surface area contributed by atoms with Crippen LogP contribution >= 0.6 is 11.3 Å². The Morgan fingerprint density at radius 1 is 1.43 bits per heavy atom. The molecule has 2 aromatic rings. The van der Waals surface area contributed by atoms with Crippen LogP contribution in [0, 0.1) is 19.7 Å². The van der Waals surface area contributed by atoms with Gasteiger partial charge in [-0.2, -0.15) is 0 Å². The van der Waals surface area contributed by atoms with Gasteiger partial charge in [-0.25, -0.2) is 9.37 Å². The molecular weight excluding hydrogens is 289 g/mol. The van der Waals surface area contributed by atoms with Gasteiger partial charge in [0, 0.05) is 17.0 Å². The molecule has 21 heavy (non-hydrogen) atoms. The average Bonchev–Trinajstić information content (AvgIpc) is 2.74. The summed E-state index contributed by atoms with van der Waals surface area (Å²) in [6, 6.07) is 2.93. The van der Waals surface area contributed by atoms with E-state index >= 15 is 0 Å². The maximum atomic E-state index is 13.7. The van der Waals surface area contributed by atoms with E-state index in [1.54, 1.807) is 17.4 Å². The number of anilines is 2. The van der Waals surface area contributed by atoms with E-state index in [-0.39, 0.29) is 11.8 Å². The first-order valence-corrected chi connectivity index (χ1v) is 7.66. The highest BCUT2D eigenvalue weighted by molar-refractivity contribution is 7.11. The van der Waals surface area contributed by atoms with E-state index < -0.39 is 5.82 Å². The molecular formula is C15H20FN3OS. The molecule has 2 rings (SSSR count). The standard InChI is InChI=1S/C15H20FN3OS/c1-5-20-14-7-13(12(17)6-11(14)16)19-9(3)15-8(2)18-10(4)21-15/h6-7,9,19H,5,17H2,1-4H3. The molecule has 3 N–H and O–H groups in total. The Hall–Kier alpha value is -1.82. The Morgan fingerprint density at radius 2 is 2.14 bits per heavy atom. The summed E-state index contributed by atoms with van der Waals surface area (Å²) >= 11 is 1.65. The Morgan fingerprint density at radius 3 is 2.71 bits per heavy atom. The number of aryl methyl sites for hydroxylation is 2. The van der Waals surface area contributed by atoms with Gasteiger partial charge in [-0.15, -0.1) is 11.3 Å². The van der Waals surface area contributed by atoms with Gasteiger partial charge in [0.25, 0.3) is 0 Å². The second-order valence-corrected chi connectivity index (χ2v) is 6.09. The van der Waals surface area contributed by atoms with Crippen molar-refractivity contribution in [3.8, 4) is 5.75 Å². The number of nitrogens with zero attached hydrogens (tertiary/aromatic N) is 1. The maximum absolute atomic E-state index is 13.7. The van der Waals surface area contributed by atoms with Gasteiger partial charge >= 0.3 is 0 Å². The number of aromatic nitrogens is 1. The van der Waals surface area contributed by atoms with Gasteiger partial charge in [0.15, 0.2) is 11.6 Å². The summed E-state index contributed by atoms with van der Waals surface area (Å²) in [5, 5.41) is 4.33. The average molecular weight is 309 g/mol. The number of halogens is 1. The van der Waals surface area contributed by atoms with Gasteiger partial charge in [-0.1, -0.05) is 0 Å². The molecule has 114 valence electrons. The Labute approximate surface area is 128 Å². The summed E-state index contributed by atoms with van der Waals surface area (Å²) < 4.78 is 19.0. The van der Waals surface area contributed by atoms with Gasteiger partial charge in [0.2, 0.25) is 0 Å². The SMILES string of the molecule is CCOc1cc(NC(C)c2sc(C)nc2C)c(N)cc1F. The van der Waals surface area contributed by atoms with Crippen LogP contribution in [0.1, 0.15) is 35.5 Å². The van der Waals surface area contributed by atoms with E-state index in [1.165, 1.54) is 6.07 Å². The number of hydrogen-bond donors (Lipinski definition) is 2. The lowest BCUT2D eigenvalue weighted by Crippen LogP contribution is -2.09. The molecule has 1 atom stereocenters. The molecule has 0 fully saturated rings. The van der Waals surface area contributed by atoms with Crippen LogP contribution in [0.2, 0.25) is 0 Å². The van der Waals surface area contributed by atoms with Crippen molar-refractivity contribution in [1.82, 2.24) is 4.98 Å². The van der Waals surface area contributed by atoms with Crippen molar-refractivity contribution in [3.05, 3.63) is 33.5 Å². The van der Waals surface area contributed by atoms with E-state index in [0.717, 1.165) is 15.6 Å². The topological polar surface area (TPSA) is 60.2 Å². The molecule has 0 bridgehead atoms. The minimum Gasteiger partial charge on any atom is -0.491 e. The third-order valence-corrected chi connectivity index (χ3v) is 4.36. The predicted octanol–water partition coefficient (Wildman–Crippen LogP) is 4.05. The molecule has 0 aliphatic carbocycles. The Balaban J connectivity index is 2.26.